The Morgan fingerprint density at radius 3 is 2.67 bits per heavy atom. The predicted octanol–water partition coefficient (Wildman–Crippen LogP) is 2.63. The normalized spacial score (nSPS) is 15.7. The number of amides is 1. The predicted molar refractivity (Wildman–Crippen MR) is 100 cm³/mol. The van der Waals surface area contributed by atoms with Gasteiger partial charge in [0.1, 0.15) is 11.6 Å². The first-order chi connectivity index (χ1) is 13.1. The van der Waals surface area contributed by atoms with Crippen molar-refractivity contribution in [2.45, 2.75) is 12.3 Å². The van der Waals surface area contributed by atoms with E-state index < -0.39 is 5.92 Å². The quantitative estimate of drug-likeness (QED) is 0.664. The van der Waals surface area contributed by atoms with Crippen LogP contribution in [0.3, 0.4) is 0 Å². The standard InChI is InChI=1S/C20H17N3O4/c1-27-15-9-12(7-8-14(15)24)13-10-16(25)21-19-17(13)20(26)23-18(22-19)11-5-3-2-4-6-11/h2-9,13,24H,10H2,1H3,(H2,21,22,23,25,26). The fourth-order valence-corrected chi connectivity index (χ4v) is 3.30. The summed E-state index contributed by atoms with van der Waals surface area (Å²) in [5, 5.41) is 12.5. The second-order valence-corrected chi connectivity index (χ2v) is 6.28. The van der Waals surface area contributed by atoms with E-state index in [1.54, 1.807) is 12.1 Å². The lowest BCUT2D eigenvalue weighted by Crippen LogP contribution is -2.31. The van der Waals surface area contributed by atoms with Gasteiger partial charge in [-0.25, -0.2) is 4.98 Å². The molecule has 3 N–H and O–H groups in total. The Balaban J connectivity index is 1.85. The number of nitrogens with zero attached hydrogens (tertiary/aromatic N) is 1. The van der Waals surface area contributed by atoms with Gasteiger partial charge in [0.05, 0.1) is 12.7 Å². The Bertz CT molecular complexity index is 1080. The number of methoxy groups -OCH3 is 1. The SMILES string of the molecule is COc1cc(C2CC(=O)Nc3nc(-c4ccccc4)[nH]c(=O)c32)ccc1O. The van der Waals surface area contributed by atoms with Crippen LogP contribution < -0.4 is 15.6 Å². The molecule has 3 aromatic rings. The highest BCUT2D eigenvalue weighted by atomic mass is 16.5. The molecule has 0 fully saturated rings. The van der Waals surface area contributed by atoms with Crippen molar-refractivity contribution in [1.82, 2.24) is 9.97 Å². The van der Waals surface area contributed by atoms with Crippen molar-refractivity contribution in [3.63, 3.8) is 0 Å². The molecule has 4 rings (SSSR count). The van der Waals surface area contributed by atoms with E-state index in [1.165, 1.54) is 13.2 Å². The van der Waals surface area contributed by atoms with Gasteiger partial charge in [-0.2, -0.15) is 0 Å². The van der Waals surface area contributed by atoms with Gasteiger partial charge in [-0.05, 0) is 17.7 Å². The number of phenolic OH excluding ortho intramolecular Hbond substituents is 1. The van der Waals surface area contributed by atoms with E-state index in [0.29, 0.717) is 17.0 Å². The largest absolute Gasteiger partial charge is 0.504 e. The van der Waals surface area contributed by atoms with Gasteiger partial charge >= 0.3 is 0 Å². The maximum atomic E-state index is 12.8. The summed E-state index contributed by atoms with van der Waals surface area (Å²) in [6, 6.07) is 14.0. The van der Waals surface area contributed by atoms with E-state index in [9.17, 15) is 14.7 Å². The van der Waals surface area contributed by atoms with Crippen LogP contribution in [0.1, 0.15) is 23.5 Å². The summed E-state index contributed by atoms with van der Waals surface area (Å²) in [6.07, 6.45) is 0.108. The van der Waals surface area contributed by atoms with Crippen molar-refractivity contribution in [1.29, 1.82) is 0 Å². The number of ether oxygens (including phenoxy) is 1. The van der Waals surface area contributed by atoms with Gasteiger partial charge in [0.25, 0.3) is 5.56 Å². The van der Waals surface area contributed by atoms with Crippen molar-refractivity contribution in [3.8, 4) is 22.9 Å². The lowest BCUT2D eigenvalue weighted by Gasteiger charge is -2.25. The summed E-state index contributed by atoms with van der Waals surface area (Å²) < 4.78 is 5.15. The molecule has 0 saturated carbocycles. The molecule has 1 aliphatic heterocycles. The van der Waals surface area contributed by atoms with Crippen molar-refractivity contribution < 1.29 is 14.6 Å². The van der Waals surface area contributed by atoms with E-state index in [-0.39, 0.29) is 35.2 Å². The van der Waals surface area contributed by atoms with Crippen molar-refractivity contribution in [2.75, 3.05) is 12.4 Å². The van der Waals surface area contributed by atoms with Gasteiger partial charge in [0, 0.05) is 17.9 Å². The topological polar surface area (TPSA) is 104 Å². The van der Waals surface area contributed by atoms with Gasteiger partial charge in [0.15, 0.2) is 11.5 Å². The van der Waals surface area contributed by atoms with Crippen LogP contribution >= 0.6 is 0 Å². The minimum Gasteiger partial charge on any atom is -0.504 e. The Morgan fingerprint density at radius 2 is 1.93 bits per heavy atom. The molecule has 2 aromatic carbocycles. The summed E-state index contributed by atoms with van der Waals surface area (Å²) in [7, 11) is 1.45. The minimum atomic E-state index is -0.482. The fourth-order valence-electron chi connectivity index (χ4n) is 3.30. The number of anilines is 1. The third-order valence-corrected chi connectivity index (χ3v) is 4.60. The highest BCUT2D eigenvalue weighted by molar-refractivity contribution is 5.94. The van der Waals surface area contributed by atoms with Gasteiger partial charge < -0.3 is 20.1 Å². The zero-order valence-corrected chi connectivity index (χ0v) is 14.5. The third-order valence-electron chi connectivity index (χ3n) is 4.60. The molecule has 0 bridgehead atoms. The number of aromatic amines is 1. The molecular formula is C20H17N3O4. The average Bonchev–Trinajstić information content (AvgIpc) is 2.68. The molecule has 0 saturated heterocycles. The second kappa shape index (κ2) is 6.60. The first-order valence-electron chi connectivity index (χ1n) is 8.43. The zero-order valence-electron chi connectivity index (χ0n) is 14.5. The molecule has 7 nitrogen and oxygen atoms in total. The number of fused-ring (bicyclic) bond motifs is 1. The number of rotatable bonds is 3. The van der Waals surface area contributed by atoms with Crippen LogP contribution in [0.4, 0.5) is 5.82 Å². The number of phenols is 1. The number of carbonyl (C=O) groups excluding carboxylic acids is 1. The van der Waals surface area contributed by atoms with E-state index in [1.807, 2.05) is 30.3 Å². The van der Waals surface area contributed by atoms with Crippen LogP contribution in [-0.4, -0.2) is 28.1 Å². The molecule has 1 unspecified atom stereocenters. The minimum absolute atomic E-state index is 0.00630. The van der Waals surface area contributed by atoms with Crippen LogP contribution in [0.2, 0.25) is 0 Å². The van der Waals surface area contributed by atoms with Crippen molar-refractivity contribution >= 4 is 11.7 Å². The van der Waals surface area contributed by atoms with Gasteiger partial charge in [-0.3, -0.25) is 9.59 Å². The molecular weight excluding hydrogens is 346 g/mol. The number of benzene rings is 2. The van der Waals surface area contributed by atoms with Gasteiger partial charge in [-0.15, -0.1) is 0 Å². The number of nitrogens with one attached hydrogen (secondary N) is 2. The van der Waals surface area contributed by atoms with E-state index in [2.05, 4.69) is 15.3 Å². The van der Waals surface area contributed by atoms with E-state index >= 15 is 0 Å². The fraction of sp³-hybridized carbons (Fsp3) is 0.150. The van der Waals surface area contributed by atoms with Gasteiger partial charge in [0.2, 0.25) is 5.91 Å². The van der Waals surface area contributed by atoms with Crippen LogP contribution in [0.15, 0.2) is 53.3 Å². The van der Waals surface area contributed by atoms with Crippen molar-refractivity contribution in [3.05, 3.63) is 70.0 Å². The molecule has 0 radical (unpaired) electrons. The average molecular weight is 363 g/mol. The summed E-state index contributed by atoms with van der Waals surface area (Å²) in [6.45, 7) is 0. The number of hydrogen-bond donors (Lipinski definition) is 3. The van der Waals surface area contributed by atoms with Crippen LogP contribution in [0, 0.1) is 0 Å². The zero-order chi connectivity index (χ0) is 19.0. The molecule has 2 heterocycles. The molecule has 0 aliphatic carbocycles. The molecule has 1 amide bonds. The molecule has 0 spiro atoms. The highest BCUT2D eigenvalue weighted by Gasteiger charge is 2.31. The maximum Gasteiger partial charge on any atom is 0.257 e. The summed E-state index contributed by atoms with van der Waals surface area (Å²) in [4.78, 5) is 32.4. The number of aromatic nitrogens is 2. The van der Waals surface area contributed by atoms with Crippen LogP contribution in [0.25, 0.3) is 11.4 Å². The number of aromatic hydroxyl groups is 1. The van der Waals surface area contributed by atoms with Crippen LogP contribution in [-0.2, 0) is 4.79 Å². The Morgan fingerprint density at radius 1 is 1.15 bits per heavy atom. The van der Waals surface area contributed by atoms with E-state index in [4.69, 9.17) is 4.74 Å². The number of hydrogen-bond acceptors (Lipinski definition) is 5. The lowest BCUT2D eigenvalue weighted by molar-refractivity contribution is -0.116. The molecule has 27 heavy (non-hydrogen) atoms. The highest BCUT2D eigenvalue weighted by Crippen LogP contribution is 2.37. The Labute approximate surface area is 154 Å². The van der Waals surface area contributed by atoms with Gasteiger partial charge in [-0.1, -0.05) is 36.4 Å². The Hall–Kier alpha value is -3.61. The molecule has 7 heteroatoms. The smallest absolute Gasteiger partial charge is 0.257 e. The molecule has 1 atom stereocenters. The monoisotopic (exact) mass is 363 g/mol. The van der Waals surface area contributed by atoms with Crippen LogP contribution in [0.5, 0.6) is 11.5 Å². The maximum absolute atomic E-state index is 12.8. The molecule has 1 aliphatic rings. The molecule has 136 valence electrons. The molecule has 1 aromatic heterocycles. The lowest BCUT2D eigenvalue weighted by atomic mass is 9.86. The van der Waals surface area contributed by atoms with E-state index in [0.717, 1.165) is 5.56 Å². The summed E-state index contributed by atoms with van der Waals surface area (Å²) >= 11 is 0. The first kappa shape index (κ1) is 16.8. The summed E-state index contributed by atoms with van der Waals surface area (Å²) in [5.74, 6) is 0.217. The third kappa shape index (κ3) is 3.03. The first-order valence-corrected chi connectivity index (χ1v) is 8.43. The second-order valence-electron chi connectivity index (χ2n) is 6.28. The number of carbonyl (C=O) groups is 1. The van der Waals surface area contributed by atoms with Crippen molar-refractivity contribution in [2.24, 2.45) is 0 Å². The Kier molecular flexibility index (Phi) is 4.12. The number of H-pyrrole nitrogens is 1. The summed E-state index contributed by atoms with van der Waals surface area (Å²) in [5.41, 5.74) is 1.53.